The van der Waals surface area contributed by atoms with Crippen molar-refractivity contribution in [2.24, 2.45) is 13.0 Å². The number of thioether (sulfide) groups is 1. The summed E-state index contributed by atoms with van der Waals surface area (Å²) in [4.78, 5) is 25.5. The van der Waals surface area contributed by atoms with Crippen LogP contribution in [-0.4, -0.2) is 32.3 Å². The van der Waals surface area contributed by atoms with Crippen LogP contribution >= 0.6 is 35.0 Å². The van der Waals surface area contributed by atoms with Gasteiger partial charge in [-0.05, 0) is 41.7 Å². The van der Waals surface area contributed by atoms with Gasteiger partial charge in [-0.3, -0.25) is 9.59 Å². The van der Waals surface area contributed by atoms with Crippen LogP contribution < -0.4 is 10.6 Å². The maximum Gasteiger partial charge on any atom is 0.251 e. The normalized spacial score (nSPS) is 12.1. The Labute approximate surface area is 220 Å². The lowest BCUT2D eigenvalue weighted by molar-refractivity contribution is -0.113. The minimum atomic E-state index is -0.393. The lowest BCUT2D eigenvalue weighted by atomic mass is 10.0. The number of nitrogens with one attached hydrogen (secondary N) is 2. The van der Waals surface area contributed by atoms with Gasteiger partial charge in [0.15, 0.2) is 11.0 Å². The third-order valence-electron chi connectivity index (χ3n) is 5.47. The van der Waals surface area contributed by atoms with Gasteiger partial charge in [-0.2, -0.15) is 0 Å². The topological polar surface area (TPSA) is 88.9 Å². The molecule has 186 valence electrons. The first kappa shape index (κ1) is 27.0. The van der Waals surface area contributed by atoms with E-state index < -0.39 is 6.04 Å². The Morgan fingerprint density at radius 2 is 1.74 bits per heavy atom. The van der Waals surface area contributed by atoms with E-state index in [0.29, 0.717) is 32.5 Å². The van der Waals surface area contributed by atoms with Crippen LogP contribution in [0.25, 0.3) is 0 Å². The quantitative estimate of drug-likeness (QED) is 0.324. The predicted molar refractivity (Wildman–Crippen MR) is 142 cm³/mol. The van der Waals surface area contributed by atoms with Gasteiger partial charge < -0.3 is 15.2 Å². The molecule has 0 aliphatic rings. The van der Waals surface area contributed by atoms with Crippen molar-refractivity contribution in [2.45, 2.75) is 44.8 Å². The maximum absolute atomic E-state index is 12.9. The van der Waals surface area contributed by atoms with Crippen LogP contribution in [0.3, 0.4) is 0 Å². The Hall–Kier alpha value is -2.55. The van der Waals surface area contributed by atoms with Crippen molar-refractivity contribution in [3.63, 3.8) is 0 Å². The molecule has 0 radical (unpaired) electrons. The molecule has 1 atom stereocenters. The Morgan fingerprint density at radius 3 is 2.40 bits per heavy atom. The Bertz CT molecular complexity index is 1210. The maximum atomic E-state index is 12.9. The SMILES string of the molecule is CC(C)c1ccccc1NC(=O)CSc1nnc([C@@H](NC(=O)c2ccc(Cl)c(Cl)c2)C(C)C)n1C. The van der Waals surface area contributed by atoms with Gasteiger partial charge in [0.1, 0.15) is 0 Å². The van der Waals surface area contributed by atoms with E-state index in [-0.39, 0.29) is 23.5 Å². The molecule has 2 aromatic carbocycles. The molecule has 1 aromatic heterocycles. The highest BCUT2D eigenvalue weighted by Crippen LogP contribution is 2.27. The highest BCUT2D eigenvalue weighted by molar-refractivity contribution is 7.99. The van der Waals surface area contributed by atoms with Crippen molar-refractivity contribution in [1.29, 1.82) is 0 Å². The van der Waals surface area contributed by atoms with Crippen molar-refractivity contribution in [2.75, 3.05) is 11.1 Å². The molecule has 10 heteroatoms. The van der Waals surface area contributed by atoms with Crippen molar-refractivity contribution < 1.29 is 9.59 Å². The molecule has 1 heterocycles. The van der Waals surface area contributed by atoms with Crippen molar-refractivity contribution in [3.8, 4) is 0 Å². The van der Waals surface area contributed by atoms with Crippen LogP contribution in [-0.2, 0) is 11.8 Å². The standard InChI is InChI=1S/C25H29Cl2N5O2S/c1-14(2)17-8-6-7-9-20(17)28-21(33)13-35-25-31-30-23(32(25)5)22(15(3)4)29-24(34)16-10-11-18(26)19(27)12-16/h6-12,14-15,22H,13H2,1-5H3,(H,28,33)(H,29,34)/t22-/m0/s1. The zero-order valence-electron chi connectivity index (χ0n) is 20.3. The summed E-state index contributed by atoms with van der Waals surface area (Å²) in [6.07, 6.45) is 0. The number of halogens is 2. The molecule has 0 aliphatic heterocycles. The van der Waals surface area contributed by atoms with Gasteiger partial charge in [0.25, 0.3) is 5.91 Å². The summed E-state index contributed by atoms with van der Waals surface area (Å²) < 4.78 is 1.81. The molecule has 0 bridgehead atoms. The molecular formula is C25H29Cl2N5O2S. The van der Waals surface area contributed by atoms with Crippen LogP contribution in [0.1, 0.15) is 61.4 Å². The van der Waals surface area contributed by atoms with Crippen molar-refractivity contribution in [1.82, 2.24) is 20.1 Å². The highest BCUT2D eigenvalue weighted by Gasteiger charge is 2.25. The van der Waals surface area contributed by atoms with Gasteiger partial charge in [0.2, 0.25) is 5.91 Å². The van der Waals surface area contributed by atoms with Crippen LogP contribution in [0.4, 0.5) is 5.69 Å². The van der Waals surface area contributed by atoms with Gasteiger partial charge >= 0.3 is 0 Å². The van der Waals surface area contributed by atoms with Gasteiger partial charge in [-0.25, -0.2) is 0 Å². The lowest BCUT2D eigenvalue weighted by Gasteiger charge is -2.22. The number of carbonyl (C=O) groups excluding carboxylic acids is 2. The number of hydrogen-bond donors (Lipinski definition) is 2. The first-order chi connectivity index (χ1) is 16.6. The average Bonchev–Trinajstić information content (AvgIpc) is 3.17. The molecule has 0 saturated carbocycles. The van der Waals surface area contributed by atoms with E-state index >= 15 is 0 Å². The fourth-order valence-corrected chi connectivity index (χ4v) is 4.56. The molecule has 3 rings (SSSR count). The van der Waals surface area contributed by atoms with Crippen molar-refractivity contribution in [3.05, 3.63) is 69.5 Å². The predicted octanol–water partition coefficient (Wildman–Crippen LogP) is 6.10. The smallest absolute Gasteiger partial charge is 0.251 e. The Kier molecular flexibility index (Phi) is 9.21. The molecule has 0 saturated heterocycles. The largest absolute Gasteiger partial charge is 0.342 e. The number of nitrogens with zero attached hydrogens (tertiary/aromatic N) is 3. The van der Waals surface area contributed by atoms with Crippen molar-refractivity contribution >= 4 is 52.5 Å². The molecule has 2 amide bonds. The summed E-state index contributed by atoms with van der Waals surface area (Å²) in [6.45, 7) is 8.15. The zero-order chi connectivity index (χ0) is 25.7. The summed E-state index contributed by atoms with van der Waals surface area (Å²) in [6, 6.07) is 12.1. The molecule has 0 spiro atoms. The molecule has 35 heavy (non-hydrogen) atoms. The zero-order valence-corrected chi connectivity index (χ0v) is 22.6. The second-order valence-electron chi connectivity index (χ2n) is 8.80. The van der Waals surface area contributed by atoms with Gasteiger partial charge in [0, 0.05) is 18.3 Å². The van der Waals surface area contributed by atoms with Crippen LogP contribution in [0.15, 0.2) is 47.6 Å². The van der Waals surface area contributed by atoms with E-state index in [1.54, 1.807) is 16.7 Å². The molecule has 0 fully saturated rings. The third kappa shape index (κ3) is 6.78. The number of para-hydroxylation sites is 1. The summed E-state index contributed by atoms with van der Waals surface area (Å²) >= 11 is 13.3. The second kappa shape index (κ2) is 11.9. The lowest BCUT2D eigenvalue weighted by Crippen LogP contribution is -2.33. The second-order valence-corrected chi connectivity index (χ2v) is 10.6. The van der Waals surface area contributed by atoms with E-state index in [2.05, 4.69) is 34.7 Å². The number of carbonyl (C=O) groups is 2. The Balaban J connectivity index is 1.68. The van der Waals surface area contributed by atoms with Crippen LogP contribution in [0.5, 0.6) is 0 Å². The monoisotopic (exact) mass is 533 g/mol. The van der Waals surface area contributed by atoms with Crippen LogP contribution in [0.2, 0.25) is 10.0 Å². The summed E-state index contributed by atoms with van der Waals surface area (Å²) in [5.41, 5.74) is 2.31. The van der Waals surface area contributed by atoms with E-state index in [1.807, 2.05) is 45.2 Å². The fraction of sp³-hybridized carbons (Fsp3) is 0.360. The molecule has 7 nitrogen and oxygen atoms in total. The van der Waals surface area contributed by atoms with E-state index in [4.69, 9.17) is 23.2 Å². The molecule has 0 unspecified atom stereocenters. The summed E-state index contributed by atoms with van der Waals surface area (Å²) in [5.74, 6) is 0.705. The number of benzene rings is 2. The third-order valence-corrected chi connectivity index (χ3v) is 7.23. The molecule has 0 aliphatic carbocycles. The average molecular weight is 535 g/mol. The first-order valence-corrected chi connectivity index (χ1v) is 13.0. The fourth-order valence-electron chi connectivity index (χ4n) is 3.54. The van der Waals surface area contributed by atoms with E-state index in [9.17, 15) is 9.59 Å². The highest BCUT2D eigenvalue weighted by atomic mass is 35.5. The van der Waals surface area contributed by atoms with Gasteiger partial charge in [0.05, 0.1) is 21.8 Å². The minimum Gasteiger partial charge on any atom is -0.342 e. The molecule has 3 aromatic rings. The minimum absolute atomic E-state index is 0.0401. The summed E-state index contributed by atoms with van der Waals surface area (Å²) in [7, 11) is 1.82. The molecular weight excluding hydrogens is 505 g/mol. The summed E-state index contributed by atoms with van der Waals surface area (Å²) in [5, 5.41) is 15.9. The number of hydrogen-bond acceptors (Lipinski definition) is 5. The number of amides is 2. The van der Waals surface area contributed by atoms with E-state index in [0.717, 1.165) is 11.3 Å². The van der Waals surface area contributed by atoms with Gasteiger partial charge in [-0.1, -0.05) is 80.9 Å². The Morgan fingerprint density at radius 1 is 1.03 bits per heavy atom. The number of aromatic nitrogens is 3. The number of rotatable bonds is 9. The number of anilines is 1. The van der Waals surface area contributed by atoms with Gasteiger partial charge in [-0.15, -0.1) is 10.2 Å². The van der Waals surface area contributed by atoms with E-state index in [1.165, 1.54) is 17.8 Å². The molecule has 2 N–H and O–H groups in total. The first-order valence-electron chi connectivity index (χ1n) is 11.2. The van der Waals surface area contributed by atoms with Crippen LogP contribution in [0, 0.1) is 5.92 Å².